The average molecular weight is 163 g/mol. The third-order valence-electron chi connectivity index (χ3n) is 1.41. The maximum absolute atomic E-state index is 10.3. The molecule has 0 aliphatic carbocycles. The first-order valence-corrected chi connectivity index (χ1v) is 3.51. The molecular weight excluding hydrogens is 154 g/mol. The summed E-state index contributed by atoms with van der Waals surface area (Å²) in [5.41, 5.74) is 1.46. The lowest BCUT2D eigenvalue weighted by atomic mass is 10.2. The number of aliphatic carboxylic acids is 1. The number of pyridine rings is 1. The summed E-state index contributed by atoms with van der Waals surface area (Å²) >= 11 is 0. The van der Waals surface area contributed by atoms with Crippen LogP contribution in [0, 0.1) is 0 Å². The predicted molar refractivity (Wildman–Crippen MR) is 45.7 cm³/mol. The number of carboxylic acids is 1. The quantitative estimate of drug-likeness (QED) is 0.731. The smallest absolute Gasteiger partial charge is 0.307 e. The van der Waals surface area contributed by atoms with Crippen LogP contribution in [-0.2, 0) is 11.2 Å². The lowest BCUT2D eigenvalue weighted by Gasteiger charge is -1.96. The van der Waals surface area contributed by atoms with Crippen molar-refractivity contribution in [1.29, 1.82) is 0 Å². The Balaban J connectivity index is 2.77. The topological polar surface area (TPSA) is 50.2 Å². The number of nitrogens with zero attached hydrogens (tertiary/aromatic N) is 1. The van der Waals surface area contributed by atoms with Gasteiger partial charge in [0.25, 0.3) is 0 Å². The van der Waals surface area contributed by atoms with Crippen molar-refractivity contribution in [2.24, 2.45) is 0 Å². The van der Waals surface area contributed by atoms with Crippen LogP contribution in [0.2, 0.25) is 0 Å². The summed E-state index contributed by atoms with van der Waals surface area (Å²) in [5, 5.41) is 8.45. The zero-order valence-corrected chi connectivity index (χ0v) is 6.53. The predicted octanol–water partition coefficient (Wildman–Crippen LogP) is 1.35. The van der Waals surface area contributed by atoms with Gasteiger partial charge in [-0.05, 0) is 17.7 Å². The second-order valence-electron chi connectivity index (χ2n) is 2.37. The van der Waals surface area contributed by atoms with Crippen molar-refractivity contribution in [2.45, 2.75) is 6.42 Å². The Morgan fingerprint density at radius 2 is 2.42 bits per heavy atom. The molecule has 1 rings (SSSR count). The third-order valence-corrected chi connectivity index (χ3v) is 1.41. The molecule has 0 spiro atoms. The molecule has 12 heavy (non-hydrogen) atoms. The first kappa shape index (κ1) is 8.46. The summed E-state index contributed by atoms with van der Waals surface area (Å²) in [4.78, 5) is 14.2. The molecule has 0 unspecified atom stereocenters. The van der Waals surface area contributed by atoms with E-state index in [1.54, 1.807) is 24.4 Å². The fraction of sp³-hybridized carbons (Fsp3) is 0.111. The van der Waals surface area contributed by atoms with Crippen LogP contribution in [0.3, 0.4) is 0 Å². The van der Waals surface area contributed by atoms with Gasteiger partial charge < -0.3 is 5.11 Å². The van der Waals surface area contributed by atoms with Crippen LogP contribution in [0.1, 0.15) is 11.3 Å². The van der Waals surface area contributed by atoms with Gasteiger partial charge >= 0.3 is 5.97 Å². The van der Waals surface area contributed by atoms with E-state index in [0.29, 0.717) is 5.56 Å². The molecule has 0 aliphatic heterocycles. The van der Waals surface area contributed by atoms with Crippen LogP contribution in [0.5, 0.6) is 0 Å². The highest BCUT2D eigenvalue weighted by Crippen LogP contribution is 2.01. The molecule has 0 saturated carbocycles. The number of carbonyl (C=O) groups is 1. The molecule has 0 atom stereocenters. The van der Waals surface area contributed by atoms with E-state index < -0.39 is 5.97 Å². The zero-order valence-electron chi connectivity index (χ0n) is 6.53. The summed E-state index contributed by atoms with van der Waals surface area (Å²) in [7, 11) is 0. The fourth-order valence-electron chi connectivity index (χ4n) is 0.836. The Bertz CT molecular complexity index is 290. The van der Waals surface area contributed by atoms with Crippen LogP contribution in [0.4, 0.5) is 0 Å². The van der Waals surface area contributed by atoms with Crippen molar-refractivity contribution < 1.29 is 9.90 Å². The van der Waals surface area contributed by atoms with Crippen LogP contribution < -0.4 is 0 Å². The van der Waals surface area contributed by atoms with Crippen LogP contribution in [-0.4, -0.2) is 16.1 Å². The number of hydrogen-bond acceptors (Lipinski definition) is 2. The summed E-state index contributed by atoms with van der Waals surface area (Å²) in [5.74, 6) is -0.844. The van der Waals surface area contributed by atoms with Crippen molar-refractivity contribution in [3.05, 3.63) is 36.2 Å². The van der Waals surface area contributed by atoms with E-state index in [9.17, 15) is 4.79 Å². The molecule has 0 aliphatic rings. The average Bonchev–Trinajstić information content (AvgIpc) is 2.05. The number of carboxylic acid groups (broad SMARTS) is 1. The molecule has 0 aromatic carbocycles. The van der Waals surface area contributed by atoms with Gasteiger partial charge in [0, 0.05) is 6.20 Å². The highest BCUT2D eigenvalue weighted by Gasteiger charge is 1.99. The maximum Gasteiger partial charge on any atom is 0.307 e. The Kier molecular flexibility index (Phi) is 2.58. The molecule has 0 amide bonds. The van der Waals surface area contributed by atoms with E-state index in [-0.39, 0.29) is 6.42 Å². The Morgan fingerprint density at radius 3 is 2.83 bits per heavy atom. The monoisotopic (exact) mass is 163 g/mol. The molecule has 1 aromatic rings. The van der Waals surface area contributed by atoms with E-state index in [1.165, 1.54) is 0 Å². The van der Waals surface area contributed by atoms with Gasteiger partial charge in [-0.15, -0.1) is 0 Å². The normalized spacial score (nSPS) is 9.33. The summed E-state index contributed by atoms with van der Waals surface area (Å²) in [6, 6.07) is 3.48. The fourth-order valence-corrected chi connectivity index (χ4v) is 0.836. The van der Waals surface area contributed by atoms with Crippen molar-refractivity contribution in [3.8, 4) is 0 Å². The molecule has 1 heterocycles. The van der Waals surface area contributed by atoms with Crippen LogP contribution in [0.15, 0.2) is 24.9 Å². The van der Waals surface area contributed by atoms with Gasteiger partial charge in [-0.1, -0.05) is 12.6 Å². The minimum Gasteiger partial charge on any atom is -0.481 e. The highest BCUT2D eigenvalue weighted by molar-refractivity contribution is 5.70. The van der Waals surface area contributed by atoms with Gasteiger partial charge in [-0.2, -0.15) is 0 Å². The number of rotatable bonds is 3. The molecule has 0 saturated heterocycles. The van der Waals surface area contributed by atoms with Crippen molar-refractivity contribution in [2.75, 3.05) is 0 Å². The van der Waals surface area contributed by atoms with Crippen LogP contribution in [0.25, 0.3) is 6.08 Å². The lowest BCUT2D eigenvalue weighted by Crippen LogP contribution is -2.00. The highest BCUT2D eigenvalue weighted by atomic mass is 16.4. The van der Waals surface area contributed by atoms with Crippen molar-refractivity contribution in [3.63, 3.8) is 0 Å². The van der Waals surface area contributed by atoms with E-state index >= 15 is 0 Å². The first-order chi connectivity index (χ1) is 5.72. The van der Waals surface area contributed by atoms with E-state index in [2.05, 4.69) is 11.6 Å². The van der Waals surface area contributed by atoms with E-state index in [4.69, 9.17) is 5.11 Å². The van der Waals surface area contributed by atoms with E-state index in [1.807, 2.05) is 0 Å². The molecule has 0 radical (unpaired) electrons. The maximum atomic E-state index is 10.3. The minimum absolute atomic E-state index is 0.0183. The molecule has 0 bridgehead atoms. The largest absolute Gasteiger partial charge is 0.481 e. The van der Waals surface area contributed by atoms with Gasteiger partial charge in [0.05, 0.1) is 12.1 Å². The van der Waals surface area contributed by atoms with Crippen molar-refractivity contribution in [1.82, 2.24) is 4.98 Å². The third kappa shape index (κ3) is 2.20. The Morgan fingerprint density at radius 1 is 1.67 bits per heavy atom. The Labute approximate surface area is 70.4 Å². The van der Waals surface area contributed by atoms with Gasteiger partial charge in [0.1, 0.15) is 0 Å². The van der Waals surface area contributed by atoms with E-state index in [0.717, 1.165) is 5.69 Å². The summed E-state index contributed by atoms with van der Waals surface area (Å²) in [6.07, 6.45) is 3.18. The first-order valence-electron chi connectivity index (χ1n) is 3.51. The second kappa shape index (κ2) is 3.67. The van der Waals surface area contributed by atoms with Gasteiger partial charge in [0.15, 0.2) is 0 Å². The summed E-state index contributed by atoms with van der Waals surface area (Å²) in [6.45, 7) is 3.54. The Hall–Kier alpha value is -1.64. The molecule has 1 aromatic heterocycles. The molecule has 3 nitrogen and oxygen atoms in total. The molecule has 62 valence electrons. The summed E-state index contributed by atoms with van der Waals surface area (Å²) < 4.78 is 0. The molecule has 1 N–H and O–H groups in total. The standard InChI is InChI=1S/C9H9NO2/c1-2-8-4-3-7(6-10-8)5-9(11)12/h2-4,6H,1,5H2,(H,11,12). The minimum atomic E-state index is -0.844. The van der Waals surface area contributed by atoms with Crippen molar-refractivity contribution >= 4 is 12.0 Å². The van der Waals surface area contributed by atoms with Gasteiger partial charge in [0.2, 0.25) is 0 Å². The molecule has 3 heteroatoms. The lowest BCUT2D eigenvalue weighted by molar-refractivity contribution is -0.136. The molecular formula is C9H9NO2. The number of aromatic nitrogens is 1. The molecule has 0 fully saturated rings. The van der Waals surface area contributed by atoms with Crippen LogP contribution >= 0.6 is 0 Å². The van der Waals surface area contributed by atoms with Gasteiger partial charge in [-0.3, -0.25) is 9.78 Å². The van der Waals surface area contributed by atoms with Gasteiger partial charge in [-0.25, -0.2) is 0 Å². The second-order valence-corrected chi connectivity index (χ2v) is 2.37. The zero-order chi connectivity index (χ0) is 8.97. The SMILES string of the molecule is C=Cc1ccc(CC(=O)O)cn1. The number of hydrogen-bond donors (Lipinski definition) is 1.